The molecule has 0 bridgehead atoms. The zero-order valence-corrected chi connectivity index (χ0v) is 9.11. The number of likely N-dealkylation sites (N-methyl/N-ethyl adjacent to an activating group) is 1. The zero-order valence-electron chi connectivity index (χ0n) is 9.11. The van der Waals surface area contributed by atoms with Crippen LogP contribution >= 0.6 is 0 Å². The number of methoxy groups -OCH3 is 1. The van der Waals surface area contributed by atoms with E-state index in [0.717, 1.165) is 0 Å². The average Bonchev–Trinajstić information content (AvgIpc) is 2.14. The summed E-state index contributed by atoms with van der Waals surface area (Å²) in [5.74, 6) is -0.940. The maximum Gasteiger partial charge on any atom is 0.309 e. The third kappa shape index (κ3) is 3.74. The molecule has 0 aliphatic rings. The number of hydrogen-bond donors (Lipinski definition) is 1. The highest BCUT2D eigenvalue weighted by atomic mass is 16.5. The molecule has 0 aromatic rings. The van der Waals surface area contributed by atoms with Crippen molar-refractivity contribution >= 4 is 11.9 Å². The molecule has 0 saturated carbocycles. The fourth-order valence-electron chi connectivity index (χ4n) is 1.08. The molecule has 5 heteroatoms. The number of hydrogen-bond acceptors (Lipinski definition) is 4. The number of ether oxygens (including phenoxy) is 1. The van der Waals surface area contributed by atoms with E-state index in [1.54, 1.807) is 25.8 Å². The Labute approximate surface area is 84.2 Å². The number of carbonyl (C=O) groups excluding carboxylic acids is 2. The molecule has 2 N–H and O–H groups in total. The van der Waals surface area contributed by atoms with E-state index in [1.807, 2.05) is 0 Å². The highest BCUT2D eigenvalue weighted by Crippen LogP contribution is 2.03. The first-order valence-electron chi connectivity index (χ1n) is 4.47. The number of rotatable bonds is 5. The SMILES string of the molecule is COC(=O)C(C)CN(C)C(C)C(N)=O. The lowest BCUT2D eigenvalue weighted by atomic mass is 10.1. The van der Waals surface area contributed by atoms with Crippen LogP contribution in [-0.4, -0.2) is 43.5 Å². The van der Waals surface area contributed by atoms with Gasteiger partial charge in [-0.2, -0.15) is 0 Å². The number of nitrogens with two attached hydrogens (primary N) is 1. The van der Waals surface area contributed by atoms with Crippen molar-refractivity contribution in [3.63, 3.8) is 0 Å². The second-order valence-electron chi connectivity index (χ2n) is 3.44. The minimum atomic E-state index is -0.399. The lowest BCUT2D eigenvalue weighted by Crippen LogP contribution is -2.43. The molecule has 2 atom stereocenters. The van der Waals surface area contributed by atoms with E-state index in [0.29, 0.717) is 6.54 Å². The van der Waals surface area contributed by atoms with Gasteiger partial charge in [-0.3, -0.25) is 14.5 Å². The first-order chi connectivity index (χ1) is 6.40. The normalized spacial score (nSPS) is 14.9. The van der Waals surface area contributed by atoms with Crippen LogP contribution in [0, 0.1) is 5.92 Å². The van der Waals surface area contributed by atoms with Crippen LogP contribution in [0.15, 0.2) is 0 Å². The molecule has 82 valence electrons. The highest BCUT2D eigenvalue weighted by molar-refractivity contribution is 5.79. The monoisotopic (exact) mass is 202 g/mol. The Hall–Kier alpha value is -1.10. The quantitative estimate of drug-likeness (QED) is 0.616. The fraction of sp³-hybridized carbons (Fsp3) is 0.778. The van der Waals surface area contributed by atoms with E-state index in [1.165, 1.54) is 7.11 Å². The molecule has 5 nitrogen and oxygen atoms in total. The summed E-state index contributed by atoms with van der Waals surface area (Å²) < 4.78 is 4.57. The molecule has 0 saturated heterocycles. The van der Waals surface area contributed by atoms with Gasteiger partial charge in [-0.25, -0.2) is 0 Å². The summed E-state index contributed by atoms with van der Waals surface area (Å²) in [4.78, 5) is 23.6. The molecule has 14 heavy (non-hydrogen) atoms. The Morgan fingerprint density at radius 1 is 1.43 bits per heavy atom. The van der Waals surface area contributed by atoms with Gasteiger partial charge in [-0.1, -0.05) is 6.92 Å². The van der Waals surface area contributed by atoms with Gasteiger partial charge in [0.25, 0.3) is 0 Å². The molecule has 0 aromatic carbocycles. The van der Waals surface area contributed by atoms with E-state index >= 15 is 0 Å². The molecule has 0 radical (unpaired) electrons. The molecule has 0 aliphatic carbocycles. The van der Waals surface area contributed by atoms with Gasteiger partial charge >= 0.3 is 5.97 Å². The summed E-state index contributed by atoms with van der Waals surface area (Å²) in [6.07, 6.45) is 0. The van der Waals surface area contributed by atoms with Crippen molar-refractivity contribution in [3.05, 3.63) is 0 Å². The Balaban J connectivity index is 4.11. The molecule has 1 amide bonds. The van der Waals surface area contributed by atoms with Gasteiger partial charge in [0.05, 0.1) is 19.1 Å². The van der Waals surface area contributed by atoms with Gasteiger partial charge in [0, 0.05) is 6.54 Å². The Morgan fingerprint density at radius 2 is 1.93 bits per heavy atom. The van der Waals surface area contributed by atoms with Gasteiger partial charge in [0.2, 0.25) is 5.91 Å². The molecule has 0 heterocycles. The zero-order chi connectivity index (χ0) is 11.3. The second-order valence-corrected chi connectivity index (χ2v) is 3.44. The van der Waals surface area contributed by atoms with E-state index < -0.39 is 5.91 Å². The summed E-state index contributed by atoms with van der Waals surface area (Å²) in [5.41, 5.74) is 5.12. The molecule has 2 unspecified atom stereocenters. The highest BCUT2D eigenvalue weighted by Gasteiger charge is 2.20. The summed E-state index contributed by atoms with van der Waals surface area (Å²) >= 11 is 0. The largest absolute Gasteiger partial charge is 0.469 e. The van der Waals surface area contributed by atoms with Crippen LogP contribution < -0.4 is 5.73 Å². The fourth-order valence-corrected chi connectivity index (χ4v) is 1.08. The average molecular weight is 202 g/mol. The van der Waals surface area contributed by atoms with E-state index in [4.69, 9.17) is 5.73 Å². The topological polar surface area (TPSA) is 72.6 Å². The van der Waals surface area contributed by atoms with Crippen molar-refractivity contribution in [2.75, 3.05) is 20.7 Å². The molecule has 0 fully saturated rings. The van der Waals surface area contributed by atoms with Gasteiger partial charge in [-0.05, 0) is 14.0 Å². The van der Waals surface area contributed by atoms with E-state index in [-0.39, 0.29) is 17.9 Å². The first kappa shape index (κ1) is 12.9. The third-order valence-electron chi connectivity index (χ3n) is 2.24. The molecular weight excluding hydrogens is 184 g/mol. The smallest absolute Gasteiger partial charge is 0.309 e. The summed E-state index contributed by atoms with van der Waals surface area (Å²) in [5, 5.41) is 0. The van der Waals surface area contributed by atoms with E-state index in [2.05, 4.69) is 4.74 Å². The van der Waals surface area contributed by atoms with Crippen LogP contribution in [0.25, 0.3) is 0 Å². The lowest BCUT2D eigenvalue weighted by molar-refractivity contribution is -0.145. The van der Waals surface area contributed by atoms with Gasteiger partial charge in [0.1, 0.15) is 0 Å². The molecule has 0 aliphatic heterocycles. The van der Waals surface area contributed by atoms with Gasteiger partial charge in [0.15, 0.2) is 0 Å². The van der Waals surface area contributed by atoms with Crippen LogP contribution in [-0.2, 0) is 14.3 Å². The van der Waals surface area contributed by atoms with E-state index in [9.17, 15) is 9.59 Å². The van der Waals surface area contributed by atoms with Crippen LogP contribution in [0.3, 0.4) is 0 Å². The molecule has 0 rings (SSSR count). The standard InChI is InChI=1S/C9H18N2O3/c1-6(9(13)14-4)5-11(3)7(2)8(10)12/h6-7H,5H2,1-4H3,(H2,10,12). The maximum absolute atomic E-state index is 11.1. The van der Waals surface area contributed by atoms with Crippen molar-refractivity contribution in [2.45, 2.75) is 19.9 Å². The predicted molar refractivity (Wildman–Crippen MR) is 52.5 cm³/mol. The number of amides is 1. The maximum atomic E-state index is 11.1. The second kappa shape index (κ2) is 5.59. The number of primary amides is 1. The van der Waals surface area contributed by atoms with Crippen molar-refractivity contribution in [1.29, 1.82) is 0 Å². The lowest BCUT2D eigenvalue weighted by Gasteiger charge is -2.24. The summed E-state index contributed by atoms with van der Waals surface area (Å²) in [6, 6.07) is -0.373. The van der Waals surface area contributed by atoms with Gasteiger partial charge in [-0.15, -0.1) is 0 Å². The first-order valence-corrected chi connectivity index (χ1v) is 4.47. The van der Waals surface area contributed by atoms with Crippen LogP contribution in [0.5, 0.6) is 0 Å². The van der Waals surface area contributed by atoms with Crippen molar-refractivity contribution in [3.8, 4) is 0 Å². The van der Waals surface area contributed by atoms with Crippen molar-refractivity contribution in [2.24, 2.45) is 11.7 Å². The summed E-state index contributed by atoms with van der Waals surface area (Å²) in [7, 11) is 3.09. The number of esters is 1. The molecule has 0 spiro atoms. The van der Waals surface area contributed by atoms with Crippen LogP contribution in [0.2, 0.25) is 0 Å². The minimum absolute atomic E-state index is 0.258. The molecular formula is C9H18N2O3. The molecule has 0 aromatic heterocycles. The van der Waals surface area contributed by atoms with Gasteiger partial charge < -0.3 is 10.5 Å². The van der Waals surface area contributed by atoms with Crippen LogP contribution in [0.1, 0.15) is 13.8 Å². The predicted octanol–water partition coefficient (Wildman–Crippen LogP) is -0.399. The Morgan fingerprint density at radius 3 is 2.29 bits per heavy atom. The van der Waals surface area contributed by atoms with Crippen molar-refractivity contribution < 1.29 is 14.3 Å². The number of nitrogens with zero attached hydrogens (tertiary/aromatic N) is 1. The Bertz CT molecular complexity index is 218. The van der Waals surface area contributed by atoms with Crippen LogP contribution in [0.4, 0.5) is 0 Å². The third-order valence-corrected chi connectivity index (χ3v) is 2.24. The Kier molecular flexibility index (Phi) is 5.15. The summed E-state index contributed by atoms with van der Waals surface area (Å²) in [6.45, 7) is 3.90. The van der Waals surface area contributed by atoms with Crippen molar-refractivity contribution in [1.82, 2.24) is 4.90 Å². The minimum Gasteiger partial charge on any atom is -0.469 e. The number of carbonyl (C=O) groups is 2.